The summed E-state index contributed by atoms with van der Waals surface area (Å²) in [5, 5.41) is 31.9. The van der Waals surface area contributed by atoms with Crippen molar-refractivity contribution in [1.82, 2.24) is 5.32 Å². The van der Waals surface area contributed by atoms with Gasteiger partial charge < -0.3 is 20.6 Å². The Balaban J connectivity index is 1.72. The Labute approximate surface area is 159 Å². The zero-order chi connectivity index (χ0) is 18.8. The van der Waals surface area contributed by atoms with Crippen LogP contribution in [0, 0.1) is 28.6 Å². The fraction of sp³-hybridized carbons (Fsp3) is 0.455. The minimum Gasteiger partial charge on any atom is -0.507 e. The van der Waals surface area contributed by atoms with Crippen LogP contribution in [0.3, 0.4) is 0 Å². The number of phenolic OH excluding ortho intramolecular Hbond substituents is 1. The minimum absolute atomic E-state index is 0.174. The highest BCUT2D eigenvalue weighted by atomic mass is 16.5. The molecule has 0 aromatic heterocycles. The van der Waals surface area contributed by atoms with Gasteiger partial charge in [0, 0.05) is 6.42 Å². The number of piperidine rings is 1. The molecule has 1 saturated carbocycles. The summed E-state index contributed by atoms with van der Waals surface area (Å²) in [5.74, 6) is 1.74. The summed E-state index contributed by atoms with van der Waals surface area (Å²) >= 11 is 0. The molecule has 4 rings (SSSR count). The van der Waals surface area contributed by atoms with Crippen molar-refractivity contribution in [2.45, 2.75) is 32.1 Å². The smallest absolute Gasteiger partial charge is 0.130 e. The molecule has 1 aliphatic heterocycles. The van der Waals surface area contributed by atoms with Gasteiger partial charge in [0.25, 0.3) is 0 Å². The number of nitriles is 1. The van der Waals surface area contributed by atoms with Crippen molar-refractivity contribution >= 4 is 11.3 Å². The number of nitrogens with one attached hydrogen (secondary N) is 2. The van der Waals surface area contributed by atoms with E-state index in [1.165, 1.54) is 12.8 Å². The Hall–Kier alpha value is -2.58. The van der Waals surface area contributed by atoms with E-state index in [9.17, 15) is 10.4 Å². The normalized spacial score (nSPS) is 21.0. The van der Waals surface area contributed by atoms with Crippen LogP contribution in [0.2, 0.25) is 0 Å². The molecule has 27 heavy (non-hydrogen) atoms. The Morgan fingerprint density at radius 1 is 1.22 bits per heavy atom. The lowest BCUT2D eigenvalue weighted by Gasteiger charge is -2.28. The van der Waals surface area contributed by atoms with Crippen LogP contribution in [-0.4, -0.2) is 30.5 Å². The van der Waals surface area contributed by atoms with Gasteiger partial charge in [-0.25, -0.2) is 0 Å². The molecule has 2 aliphatic carbocycles. The molecule has 1 aromatic rings. The van der Waals surface area contributed by atoms with Crippen molar-refractivity contribution in [3.63, 3.8) is 0 Å². The zero-order valence-electron chi connectivity index (χ0n) is 15.4. The predicted octanol–water partition coefficient (Wildman–Crippen LogP) is 3.81. The van der Waals surface area contributed by atoms with Gasteiger partial charge in [0.15, 0.2) is 0 Å². The van der Waals surface area contributed by atoms with E-state index < -0.39 is 0 Å². The van der Waals surface area contributed by atoms with E-state index in [-0.39, 0.29) is 11.7 Å². The molecule has 3 N–H and O–H groups in total. The number of phenols is 1. The molecule has 0 atom stereocenters. The maximum atomic E-state index is 10.5. The molecule has 0 amide bonds. The van der Waals surface area contributed by atoms with Crippen LogP contribution < -0.4 is 10.1 Å². The molecule has 0 radical (unpaired) electrons. The first-order chi connectivity index (χ1) is 13.2. The largest absolute Gasteiger partial charge is 0.507 e. The quantitative estimate of drug-likeness (QED) is 0.742. The molecule has 5 nitrogen and oxygen atoms in total. The number of ether oxygens (including phenoxy) is 1. The summed E-state index contributed by atoms with van der Waals surface area (Å²) in [6, 6.07) is 7.59. The van der Waals surface area contributed by atoms with Crippen molar-refractivity contribution in [1.29, 1.82) is 10.7 Å². The molecule has 1 saturated heterocycles. The van der Waals surface area contributed by atoms with E-state index in [1.54, 1.807) is 12.1 Å². The van der Waals surface area contributed by atoms with Gasteiger partial charge in [-0.2, -0.15) is 5.26 Å². The first kappa shape index (κ1) is 17.8. The van der Waals surface area contributed by atoms with Gasteiger partial charge in [-0.15, -0.1) is 0 Å². The second kappa shape index (κ2) is 7.58. The third-order valence-electron chi connectivity index (χ3n) is 5.68. The fourth-order valence-corrected chi connectivity index (χ4v) is 3.97. The van der Waals surface area contributed by atoms with Crippen LogP contribution >= 0.6 is 0 Å². The van der Waals surface area contributed by atoms with Crippen LogP contribution in [0.1, 0.15) is 37.7 Å². The maximum Gasteiger partial charge on any atom is 0.130 e. The van der Waals surface area contributed by atoms with E-state index in [2.05, 4.69) is 11.4 Å². The predicted molar refractivity (Wildman–Crippen MR) is 105 cm³/mol. The summed E-state index contributed by atoms with van der Waals surface area (Å²) < 4.78 is 6.00. The van der Waals surface area contributed by atoms with Gasteiger partial charge in [-0.1, -0.05) is 12.1 Å². The van der Waals surface area contributed by atoms with Crippen molar-refractivity contribution in [2.24, 2.45) is 11.8 Å². The third kappa shape index (κ3) is 3.77. The van der Waals surface area contributed by atoms with Gasteiger partial charge in [0.05, 0.1) is 23.5 Å². The maximum absolute atomic E-state index is 10.5. The van der Waals surface area contributed by atoms with Crippen LogP contribution in [0.4, 0.5) is 0 Å². The lowest BCUT2D eigenvalue weighted by atomic mass is 9.79. The molecule has 2 fully saturated rings. The Morgan fingerprint density at radius 2 is 2.00 bits per heavy atom. The number of nitrogens with zero attached hydrogens (tertiary/aromatic N) is 1. The molecule has 1 aromatic carbocycles. The molecule has 140 valence electrons. The van der Waals surface area contributed by atoms with E-state index in [0.717, 1.165) is 37.1 Å². The monoisotopic (exact) mass is 363 g/mol. The summed E-state index contributed by atoms with van der Waals surface area (Å²) in [5.41, 5.74) is 3.32. The number of hydrogen-bond donors (Lipinski definition) is 3. The summed E-state index contributed by atoms with van der Waals surface area (Å²) in [4.78, 5) is 0. The summed E-state index contributed by atoms with van der Waals surface area (Å²) in [6.45, 7) is 2.52. The van der Waals surface area contributed by atoms with E-state index in [1.807, 2.05) is 12.1 Å². The Morgan fingerprint density at radius 3 is 2.70 bits per heavy atom. The summed E-state index contributed by atoms with van der Waals surface area (Å²) in [7, 11) is 0. The SMILES string of the molecule is N#CC1=C(C2CCNCC2)C=C(c2c(O)cccc2OCC2CC2)CC1=N. The molecular formula is C22H25N3O2. The van der Waals surface area contributed by atoms with Crippen LogP contribution in [-0.2, 0) is 0 Å². The number of allylic oxidation sites excluding steroid dienone is 4. The molecule has 5 heteroatoms. The van der Waals surface area contributed by atoms with E-state index >= 15 is 0 Å². The first-order valence-electron chi connectivity index (χ1n) is 9.76. The number of hydrogen-bond acceptors (Lipinski definition) is 5. The second-order valence-electron chi connectivity index (χ2n) is 7.70. The van der Waals surface area contributed by atoms with Crippen LogP contribution in [0.15, 0.2) is 35.4 Å². The van der Waals surface area contributed by atoms with E-state index in [4.69, 9.17) is 10.1 Å². The van der Waals surface area contributed by atoms with Crippen molar-refractivity contribution in [3.8, 4) is 17.6 Å². The molecule has 0 unspecified atom stereocenters. The van der Waals surface area contributed by atoms with Crippen molar-refractivity contribution in [3.05, 3.63) is 41.0 Å². The average molecular weight is 363 g/mol. The minimum atomic E-state index is 0.174. The molecular weight excluding hydrogens is 338 g/mol. The highest BCUT2D eigenvalue weighted by Crippen LogP contribution is 2.42. The standard InChI is InChI=1S/C22H25N3O2/c23-12-18-17(15-6-8-25-9-7-15)10-16(11-19(18)24)22-20(26)2-1-3-21(22)27-13-14-4-5-14/h1-3,10,14-15,24-26H,4-9,11,13H2. The number of benzene rings is 1. The molecule has 3 aliphatic rings. The first-order valence-corrected chi connectivity index (χ1v) is 9.76. The van der Waals surface area contributed by atoms with Gasteiger partial charge in [-0.3, -0.25) is 0 Å². The Kier molecular flexibility index (Phi) is 5.00. The van der Waals surface area contributed by atoms with Gasteiger partial charge in [0.2, 0.25) is 0 Å². The third-order valence-corrected chi connectivity index (χ3v) is 5.68. The van der Waals surface area contributed by atoms with Gasteiger partial charge >= 0.3 is 0 Å². The average Bonchev–Trinajstić information content (AvgIpc) is 3.51. The summed E-state index contributed by atoms with van der Waals surface area (Å²) in [6.07, 6.45) is 6.71. The number of aromatic hydroxyl groups is 1. The lowest BCUT2D eigenvalue weighted by Crippen LogP contribution is -2.29. The van der Waals surface area contributed by atoms with Gasteiger partial charge in [0.1, 0.15) is 17.6 Å². The van der Waals surface area contributed by atoms with Gasteiger partial charge in [-0.05, 0) is 73.9 Å². The lowest BCUT2D eigenvalue weighted by molar-refractivity contribution is 0.297. The molecule has 0 spiro atoms. The van der Waals surface area contributed by atoms with Crippen LogP contribution in [0.25, 0.3) is 5.57 Å². The van der Waals surface area contributed by atoms with Crippen LogP contribution in [0.5, 0.6) is 11.5 Å². The molecule has 1 heterocycles. The van der Waals surface area contributed by atoms with E-state index in [0.29, 0.717) is 41.5 Å². The topological polar surface area (TPSA) is 89.1 Å². The molecule has 0 bridgehead atoms. The zero-order valence-corrected chi connectivity index (χ0v) is 15.4. The van der Waals surface area contributed by atoms with Crippen molar-refractivity contribution < 1.29 is 9.84 Å². The Bertz CT molecular complexity index is 853. The highest BCUT2D eigenvalue weighted by Gasteiger charge is 2.29. The highest BCUT2D eigenvalue weighted by molar-refractivity contribution is 6.10. The number of rotatable bonds is 5. The van der Waals surface area contributed by atoms with Crippen molar-refractivity contribution in [2.75, 3.05) is 19.7 Å². The second-order valence-corrected chi connectivity index (χ2v) is 7.70. The fourth-order valence-electron chi connectivity index (χ4n) is 3.97.